The van der Waals surface area contributed by atoms with Crippen molar-refractivity contribution in [2.45, 2.75) is 31.9 Å². The van der Waals surface area contributed by atoms with E-state index in [4.69, 9.17) is 9.76 Å². The third-order valence-electron chi connectivity index (χ3n) is 5.44. The molecule has 1 atom stereocenters. The van der Waals surface area contributed by atoms with E-state index in [2.05, 4.69) is 34.4 Å². The number of benzene rings is 1. The van der Waals surface area contributed by atoms with E-state index in [-0.39, 0.29) is 17.1 Å². The smallest absolute Gasteiger partial charge is 0.251 e. The van der Waals surface area contributed by atoms with Crippen LogP contribution in [0.2, 0.25) is 0 Å². The molecule has 32 heavy (non-hydrogen) atoms. The molecule has 0 radical (unpaired) electrons. The molecule has 1 aromatic carbocycles. The highest BCUT2D eigenvalue weighted by molar-refractivity contribution is 7.90. The molecule has 0 saturated carbocycles. The molecule has 0 spiro atoms. The molecule has 9 heteroatoms. The maximum absolute atomic E-state index is 12.3. The first-order chi connectivity index (χ1) is 15.0. The highest BCUT2D eigenvalue weighted by Crippen LogP contribution is 2.33. The lowest BCUT2D eigenvalue weighted by Gasteiger charge is -2.32. The van der Waals surface area contributed by atoms with Crippen molar-refractivity contribution in [3.63, 3.8) is 0 Å². The fraction of sp³-hybridized carbons (Fsp3) is 0.304. The number of hydrogen-bond acceptors (Lipinski definition) is 7. The summed E-state index contributed by atoms with van der Waals surface area (Å²) in [6, 6.07) is 9.29. The van der Waals surface area contributed by atoms with Crippen LogP contribution in [0.3, 0.4) is 0 Å². The van der Waals surface area contributed by atoms with Crippen LogP contribution in [0.5, 0.6) is 0 Å². The fourth-order valence-corrected chi connectivity index (χ4v) is 4.62. The zero-order valence-electron chi connectivity index (χ0n) is 18.5. The van der Waals surface area contributed by atoms with Crippen molar-refractivity contribution >= 4 is 27.4 Å². The Morgan fingerprint density at radius 2 is 2.00 bits per heavy atom. The first kappa shape index (κ1) is 21.9. The molecule has 2 aromatic heterocycles. The van der Waals surface area contributed by atoms with Gasteiger partial charge in [-0.15, -0.1) is 0 Å². The third kappa shape index (κ3) is 4.62. The van der Waals surface area contributed by atoms with E-state index in [9.17, 15) is 9.00 Å². The second-order valence-corrected chi connectivity index (χ2v) is 11.2. The molecule has 8 nitrogen and oxygen atoms in total. The van der Waals surface area contributed by atoms with Gasteiger partial charge in [0.2, 0.25) is 5.95 Å². The van der Waals surface area contributed by atoms with Crippen molar-refractivity contribution in [1.29, 1.82) is 4.78 Å². The van der Waals surface area contributed by atoms with Crippen LogP contribution in [0.1, 0.15) is 40.9 Å². The largest absolute Gasteiger partial charge is 0.351 e. The summed E-state index contributed by atoms with van der Waals surface area (Å²) in [7, 11) is -2.65. The summed E-state index contributed by atoms with van der Waals surface area (Å²) in [5, 5.41) is 6.04. The van der Waals surface area contributed by atoms with Crippen LogP contribution in [-0.2, 0) is 20.9 Å². The number of aromatic nitrogens is 3. The van der Waals surface area contributed by atoms with Gasteiger partial charge in [0.15, 0.2) is 0 Å². The van der Waals surface area contributed by atoms with Crippen molar-refractivity contribution in [2.75, 3.05) is 18.1 Å². The van der Waals surface area contributed by atoms with Gasteiger partial charge < -0.3 is 10.6 Å². The number of carbonyl (C=O) groups is 1. The van der Waals surface area contributed by atoms with Gasteiger partial charge in [-0.2, -0.15) is 0 Å². The predicted octanol–water partition coefficient (Wildman–Crippen LogP) is 3.79. The van der Waals surface area contributed by atoms with Crippen LogP contribution in [0.4, 0.5) is 11.8 Å². The van der Waals surface area contributed by atoms with Gasteiger partial charge in [0, 0.05) is 51.5 Å². The van der Waals surface area contributed by atoms with E-state index in [0.717, 1.165) is 27.9 Å². The minimum atomic E-state index is -2.65. The van der Waals surface area contributed by atoms with Crippen LogP contribution in [-0.4, -0.2) is 37.9 Å². The number of fused-ring (bicyclic) bond motifs is 1. The van der Waals surface area contributed by atoms with Gasteiger partial charge in [0.1, 0.15) is 5.82 Å². The number of nitrogens with one attached hydrogen (secondary N) is 3. The molecule has 1 aliphatic rings. The Hall–Kier alpha value is -3.33. The summed E-state index contributed by atoms with van der Waals surface area (Å²) in [4.78, 5) is 25.6. The molecule has 1 amide bonds. The number of anilines is 2. The van der Waals surface area contributed by atoms with Crippen molar-refractivity contribution in [1.82, 2.24) is 20.3 Å². The predicted molar refractivity (Wildman–Crippen MR) is 126 cm³/mol. The summed E-state index contributed by atoms with van der Waals surface area (Å²) in [5.41, 5.74) is 4.86. The molecule has 3 heterocycles. The van der Waals surface area contributed by atoms with E-state index in [0.29, 0.717) is 23.9 Å². The van der Waals surface area contributed by atoms with Gasteiger partial charge in [-0.05, 0) is 47.9 Å². The van der Waals surface area contributed by atoms with Crippen LogP contribution in [0.15, 0.2) is 42.7 Å². The van der Waals surface area contributed by atoms with Gasteiger partial charge in [-0.1, -0.05) is 19.9 Å². The third-order valence-corrected chi connectivity index (χ3v) is 6.32. The second-order valence-electron chi connectivity index (χ2n) is 8.88. The van der Waals surface area contributed by atoms with Crippen molar-refractivity contribution in [2.24, 2.45) is 0 Å². The van der Waals surface area contributed by atoms with E-state index in [1.165, 1.54) is 6.26 Å². The normalized spacial score (nSPS) is 16.6. The summed E-state index contributed by atoms with van der Waals surface area (Å²) in [6.45, 7) is 6.75. The Bertz CT molecular complexity index is 1320. The van der Waals surface area contributed by atoms with Crippen LogP contribution in [0, 0.1) is 11.7 Å². The first-order valence-corrected chi connectivity index (χ1v) is 12.4. The maximum Gasteiger partial charge on any atom is 0.251 e. The maximum atomic E-state index is 12.3. The molecule has 0 fully saturated rings. The highest BCUT2D eigenvalue weighted by Gasteiger charge is 2.31. The monoisotopic (exact) mass is 450 g/mol. The number of amides is 1. The molecular formula is C23H26N6O2S. The van der Waals surface area contributed by atoms with E-state index in [1.807, 2.05) is 25.1 Å². The second kappa shape index (κ2) is 7.98. The topological polar surface area (TPSA) is 121 Å². The summed E-state index contributed by atoms with van der Waals surface area (Å²) in [6.07, 6.45) is 4.77. The van der Waals surface area contributed by atoms with E-state index < -0.39 is 9.73 Å². The number of hydrogen-bond donors (Lipinski definition) is 3. The lowest BCUT2D eigenvalue weighted by atomic mass is 9.78. The minimum absolute atomic E-state index is 0.0534. The number of pyridine rings is 1. The lowest BCUT2D eigenvalue weighted by Crippen LogP contribution is -2.43. The summed E-state index contributed by atoms with van der Waals surface area (Å²) >= 11 is 0. The Labute approximate surface area is 187 Å². The van der Waals surface area contributed by atoms with Crippen molar-refractivity contribution < 1.29 is 9.00 Å². The van der Waals surface area contributed by atoms with E-state index in [1.54, 1.807) is 24.5 Å². The summed E-state index contributed by atoms with van der Waals surface area (Å²) in [5.74, 6) is 1.00. The van der Waals surface area contributed by atoms with Crippen molar-refractivity contribution in [3.8, 4) is 11.3 Å². The first-order valence-electron chi connectivity index (χ1n) is 10.2. The zero-order valence-corrected chi connectivity index (χ0v) is 19.3. The minimum Gasteiger partial charge on any atom is -0.351 e. The van der Waals surface area contributed by atoms with Crippen molar-refractivity contribution in [3.05, 3.63) is 65.0 Å². The average Bonchev–Trinajstić information content (AvgIpc) is 2.71. The van der Waals surface area contributed by atoms with Gasteiger partial charge in [-0.25, -0.2) is 19.2 Å². The standard InChI is InChI=1S/C23H26N6O2S/c1-14-11-26-22(28-19-9-15(7-8-25-19)12-32(4,24)31)29-20(14)16-5-6-17-18(10-16)23(2,3)13-27-21(17)30/h5-11,24H,12-13H2,1-4H3,(H,27,30)(H,25,26,28,29). The SMILES string of the molecule is Cc1cnc(Nc2cc(CS(C)(=N)=O)ccn2)nc1-c1ccc2c(c1)C(C)(C)CNC2=O. The summed E-state index contributed by atoms with van der Waals surface area (Å²) < 4.78 is 19.5. The quantitative estimate of drug-likeness (QED) is 0.544. The molecule has 1 unspecified atom stereocenters. The molecule has 0 aliphatic carbocycles. The fourth-order valence-electron chi connectivity index (χ4n) is 3.80. The Kier molecular flexibility index (Phi) is 5.46. The molecule has 1 aliphatic heterocycles. The average molecular weight is 451 g/mol. The molecule has 4 rings (SSSR count). The lowest BCUT2D eigenvalue weighted by molar-refractivity contribution is 0.0930. The number of aryl methyl sites for hydroxylation is 1. The highest BCUT2D eigenvalue weighted by atomic mass is 32.2. The molecule has 0 saturated heterocycles. The molecule has 166 valence electrons. The van der Waals surface area contributed by atoms with Crippen LogP contribution < -0.4 is 10.6 Å². The molecule has 0 bridgehead atoms. The van der Waals surface area contributed by atoms with Gasteiger partial charge >= 0.3 is 0 Å². The van der Waals surface area contributed by atoms with E-state index >= 15 is 0 Å². The number of rotatable bonds is 5. The van der Waals surface area contributed by atoms with Crippen LogP contribution >= 0.6 is 0 Å². The molecule has 3 N–H and O–H groups in total. The number of nitrogens with zero attached hydrogens (tertiary/aromatic N) is 3. The van der Waals surface area contributed by atoms with Gasteiger partial charge in [0.25, 0.3) is 5.91 Å². The number of carbonyl (C=O) groups excluding carboxylic acids is 1. The molecule has 3 aromatic rings. The molecular weight excluding hydrogens is 424 g/mol. The van der Waals surface area contributed by atoms with Crippen LogP contribution in [0.25, 0.3) is 11.3 Å². The Balaban J connectivity index is 1.68. The Morgan fingerprint density at radius 3 is 2.75 bits per heavy atom. The van der Waals surface area contributed by atoms with Gasteiger partial charge in [0.05, 0.1) is 11.4 Å². The Morgan fingerprint density at radius 1 is 1.22 bits per heavy atom. The van der Waals surface area contributed by atoms with Gasteiger partial charge in [-0.3, -0.25) is 9.57 Å². The zero-order chi connectivity index (χ0) is 23.1.